The minimum Gasteiger partial charge on any atom is -0.103 e. The lowest BCUT2D eigenvalue weighted by Crippen LogP contribution is -2.36. The number of hydrogen-bond donors (Lipinski definition) is 0. The summed E-state index contributed by atoms with van der Waals surface area (Å²) in [5, 5.41) is 0.508. The van der Waals surface area contributed by atoms with Gasteiger partial charge in [0.1, 0.15) is 0 Å². The molecular weight excluding hydrogens is 284 g/mol. The maximum Gasteiger partial charge on any atom is 0.0565 e. The first-order valence-electron chi connectivity index (χ1n) is 8.77. The molecular formula is C19H38Si2. The molecule has 2 heteroatoms. The van der Waals surface area contributed by atoms with E-state index in [0.717, 1.165) is 11.5 Å². The Morgan fingerprint density at radius 2 is 1.67 bits per heavy atom. The molecule has 2 unspecified atom stereocenters. The molecule has 0 aromatic carbocycles. The van der Waals surface area contributed by atoms with Crippen molar-refractivity contribution >= 4 is 16.1 Å². The van der Waals surface area contributed by atoms with Gasteiger partial charge in [0.2, 0.25) is 0 Å². The monoisotopic (exact) mass is 322 g/mol. The van der Waals surface area contributed by atoms with Gasteiger partial charge in [-0.25, -0.2) is 0 Å². The van der Waals surface area contributed by atoms with Crippen LogP contribution < -0.4 is 0 Å². The second-order valence-corrected chi connectivity index (χ2v) is 20.4. The predicted octanol–water partition coefficient (Wildman–Crippen LogP) is 7.12. The third-order valence-electron chi connectivity index (χ3n) is 6.32. The Morgan fingerprint density at radius 3 is 2.19 bits per heavy atom. The van der Waals surface area contributed by atoms with Crippen LogP contribution in [-0.4, -0.2) is 16.1 Å². The van der Waals surface area contributed by atoms with Crippen molar-refractivity contribution in [1.29, 1.82) is 0 Å². The minimum absolute atomic E-state index is 0.508. The summed E-state index contributed by atoms with van der Waals surface area (Å²) in [5.74, 6) is 0.858. The number of hydrogen-bond acceptors (Lipinski definition) is 0. The Balaban J connectivity index is 2.52. The van der Waals surface area contributed by atoms with E-state index in [2.05, 4.69) is 71.8 Å². The molecule has 2 atom stereocenters. The van der Waals surface area contributed by atoms with Crippen LogP contribution in [0.2, 0.25) is 48.9 Å². The number of rotatable bonds is 6. The van der Waals surface area contributed by atoms with E-state index in [-0.39, 0.29) is 0 Å². The maximum absolute atomic E-state index is 3.96. The van der Waals surface area contributed by atoms with Crippen molar-refractivity contribution in [2.75, 3.05) is 0 Å². The third kappa shape index (κ3) is 5.24. The summed E-state index contributed by atoms with van der Waals surface area (Å²) in [7, 11) is -2.20. The molecule has 21 heavy (non-hydrogen) atoms. The zero-order chi connectivity index (χ0) is 16.3. The SMILES string of the molecule is C=CC[Si](C)(C)C1CCC(/C=C\C[Si](C)(C)C(C)(C)C)C1. The molecule has 0 nitrogen and oxygen atoms in total. The first-order chi connectivity index (χ1) is 9.49. The average molecular weight is 323 g/mol. The van der Waals surface area contributed by atoms with Crippen molar-refractivity contribution < 1.29 is 0 Å². The van der Waals surface area contributed by atoms with Crippen molar-refractivity contribution in [2.24, 2.45) is 5.92 Å². The molecule has 1 fully saturated rings. The van der Waals surface area contributed by atoms with Crippen molar-refractivity contribution in [2.45, 2.75) is 88.9 Å². The predicted molar refractivity (Wildman–Crippen MR) is 105 cm³/mol. The second kappa shape index (κ2) is 6.99. The van der Waals surface area contributed by atoms with Gasteiger partial charge in [0.25, 0.3) is 0 Å². The molecule has 0 N–H and O–H groups in total. The van der Waals surface area contributed by atoms with Crippen molar-refractivity contribution in [3.05, 3.63) is 24.8 Å². The summed E-state index contributed by atoms with van der Waals surface area (Å²) in [6.45, 7) is 21.4. The zero-order valence-corrected chi connectivity index (χ0v) is 17.6. The van der Waals surface area contributed by atoms with Crippen LogP contribution in [0, 0.1) is 5.92 Å². The van der Waals surface area contributed by atoms with E-state index in [0.29, 0.717) is 5.04 Å². The lowest BCUT2D eigenvalue weighted by atomic mass is 10.1. The Morgan fingerprint density at radius 1 is 1.05 bits per heavy atom. The van der Waals surface area contributed by atoms with Crippen LogP contribution in [0.3, 0.4) is 0 Å². The number of allylic oxidation sites excluding steroid dienone is 3. The maximum atomic E-state index is 3.96. The van der Waals surface area contributed by atoms with Gasteiger partial charge in [0, 0.05) is 0 Å². The molecule has 0 saturated heterocycles. The van der Waals surface area contributed by atoms with Gasteiger partial charge in [-0.1, -0.05) is 71.6 Å². The summed E-state index contributed by atoms with van der Waals surface area (Å²) >= 11 is 0. The molecule has 122 valence electrons. The van der Waals surface area contributed by atoms with Gasteiger partial charge in [-0.2, -0.15) is 0 Å². The Labute approximate surface area is 136 Å². The fraction of sp³-hybridized carbons (Fsp3) is 0.789. The van der Waals surface area contributed by atoms with Crippen LogP contribution in [0.15, 0.2) is 24.8 Å². The first kappa shape index (κ1) is 19.0. The molecule has 1 aliphatic rings. The lowest BCUT2D eigenvalue weighted by molar-refractivity contribution is 0.680. The van der Waals surface area contributed by atoms with E-state index >= 15 is 0 Å². The van der Waals surface area contributed by atoms with E-state index in [1.54, 1.807) is 0 Å². The molecule has 0 aliphatic heterocycles. The van der Waals surface area contributed by atoms with Crippen LogP contribution in [0.4, 0.5) is 0 Å². The van der Waals surface area contributed by atoms with Crippen LogP contribution in [0.5, 0.6) is 0 Å². The van der Waals surface area contributed by atoms with E-state index in [1.807, 2.05) is 0 Å². The molecule has 0 amide bonds. The zero-order valence-electron chi connectivity index (χ0n) is 15.6. The fourth-order valence-electron chi connectivity index (χ4n) is 3.30. The summed E-state index contributed by atoms with van der Waals surface area (Å²) in [5.41, 5.74) is 1.01. The third-order valence-corrected chi connectivity index (χ3v) is 15.7. The first-order valence-corrected chi connectivity index (χ1v) is 15.3. The van der Waals surface area contributed by atoms with Crippen LogP contribution in [0.1, 0.15) is 40.0 Å². The summed E-state index contributed by atoms with van der Waals surface area (Å²) in [6.07, 6.45) is 11.6. The van der Waals surface area contributed by atoms with Gasteiger partial charge in [-0.05, 0) is 41.4 Å². The largest absolute Gasteiger partial charge is 0.103 e. The molecule has 1 aliphatic carbocycles. The van der Waals surface area contributed by atoms with Crippen molar-refractivity contribution in [3.63, 3.8) is 0 Å². The van der Waals surface area contributed by atoms with Crippen LogP contribution in [0.25, 0.3) is 0 Å². The smallest absolute Gasteiger partial charge is 0.0565 e. The minimum atomic E-state index is -1.13. The average Bonchev–Trinajstić information content (AvgIpc) is 2.76. The van der Waals surface area contributed by atoms with Crippen LogP contribution in [-0.2, 0) is 0 Å². The highest BCUT2D eigenvalue weighted by molar-refractivity contribution is 6.80. The van der Waals surface area contributed by atoms with Gasteiger partial charge < -0.3 is 0 Å². The summed E-state index contributed by atoms with van der Waals surface area (Å²) in [6, 6.07) is 2.63. The Kier molecular flexibility index (Phi) is 6.32. The molecule has 0 radical (unpaired) electrons. The lowest BCUT2D eigenvalue weighted by Gasteiger charge is -2.36. The second-order valence-electron chi connectivity index (χ2n) is 9.52. The quantitative estimate of drug-likeness (QED) is 0.361. The van der Waals surface area contributed by atoms with Crippen LogP contribution >= 0.6 is 0 Å². The van der Waals surface area contributed by atoms with Gasteiger partial charge >= 0.3 is 0 Å². The van der Waals surface area contributed by atoms with Gasteiger partial charge in [-0.15, -0.1) is 6.58 Å². The highest BCUT2D eigenvalue weighted by Crippen LogP contribution is 2.44. The summed E-state index contributed by atoms with van der Waals surface area (Å²) in [4.78, 5) is 0. The van der Waals surface area contributed by atoms with Crippen molar-refractivity contribution in [1.82, 2.24) is 0 Å². The van der Waals surface area contributed by atoms with E-state index in [4.69, 9.17) is 0 Å². The van der Waals surface area contributed by atoms with E-state index in [1.165, 1.54) is 31.4 Å². The molecule has 0 aromatic heterocycles. The highest BCUT2D eigenvalue weighted by Gasteiger charge is 2.36. The van der Waals surface area contributed by atoms with E-state index < -0.39 is 16.1 Å². The standard InChI is InChI=1S/C19H38Si2/c1-9-14-20(5,6)18-13-12-17(16-18)11-10-15-21(7,8)19(2,3)4/h9-11,17-18H,1,12-16H2,2-8H3/b11-10-. The summed E-state index contributed by atoms with van der Waals surface area (Å²) < 4.78 is 0. The van der Waals surface area contributed by atoms with Gasteiger partial charge in [0.05, 0.1) is 16.1 Å². The normalized spacial score (nSPS) is 24.7. The van der Waals surface area contributed by atoms with E-state index in [9.17, 15) is 0 Å². The Bertz CT molecular complexity index is 372. The topological polar surface area (TPSA) is 0 Å². The molecule has 0 spiro atoms. The highest BCUT2D eigenvalue weighted by atomic mass is 28.3. The Hall–Kier alpha value is -0.0862. The molecule has 0 aromatic rings. The fourth-order valence-corrected chi connectivity index (χ4v) is 7.60. The molecule has 1 rings (SSSR count). The van der Waals surface area contributed by atoms with Crippen molar-refractivity contribution in [3.8, 4) is 0 Å². The van der Waals surface area contributed by atoms with Gasteiger partial charge in [0.15, 0.2) is 0 Å². The molecule has 0 heterocycles. The molecule has 0 bridgehead atoms. The van der Waals surface area contributed by atoms with Gasteiger partial charge in [-0.3, -0.25) is 0 Å². The molecule has 1 saturated carbocycles.